The maximum atomic E-state index is 15.0. The van der Waals surface area contributed by atoms with Gasteiger partial charge in [-0.1, -0.05) is 31.4 Å². The van der Waals surface area contributed by atoms with Gasteiger partial charge in [0.2, 0.25) is 10.0 Å². The van der Waals surface area contributed by atoms with Crippen LogP contribution in [0.25, 0.3) is 0 Å². The molecule has 1 aliphatic heterocycles. The molecule has 2 fully saturated rings. The number of anilines is 1. The number of ether oxygens (including phenoxy) is 1. The minimum absolute atomic E-state index is 0.224. The summed E-state index contributed by atoms with van der Waals surface area (Å²) >= 11 is 0. The number of amidine groups is 1. The van der Waals surface area contributed by atoms with E-state index >= 15 is 0 Å². The molecule has 0 radical (unpaired) electrons. The molecule has 1 heterocycles. The van der Waals surface area contributed by atoms with E-state index in [-0.39, 0.29) is 29.7 Å². The van der Waals surface area contributed by atoms with Crippen LogP contribution in [0.1, 0.15) is 44.1 Å². The average molecular weight is 441 g/mol. The van der Waals surface area contributed by atoms with Gasteiger partial charge in [0, 0.05) is 31.7 Å². The first kappa shape index (κ1) is 22.5. The number of halogens is 1. The third-order valence-corrected chi connectivity index (χ3v) is 8.09. The number of rotatable bonds is 7. The van der Waals surface area contributed by atoms with Gasteiger partial charge in [-0.3, -0.25) is 10.2 Å². The van der Waals surface area contributed by atoms with E-state index in [1.165, 1.54) is 6.07 Å². The lowest BCUT2D eigenvalue weighted by molar-refractivity contribution is -0.143. The van der Waals surface area contributed by atoms with E-state index in [1.54, 1.807) is 16.4 Å². The van der Waals surface area contributed by atoms with E-state index in [4.69, 9.17) is 15.9 Å². The Labute approximate surface area is 176 Å². The fourth-order valence-electron chi connectivity index (χ4n) is 4.04. The Morgan fingerprint density at radius 1 is 1.17 bits per heavy atom. The minimum Gasteiger partial charge on any atom is -0.460 e. The SMILES string of the molecule is N=C(N)CC(=O)OCc1cccc(N2CCN(S(=O)(=O)C3CCCCC3)CC2)c1F. The van der Waals surface area contributed by atoms with Crippen LogP contribution in [0.2, 0.25) is 0 Å². The lowest BCUT2D eigenvalue weighted by Gasteiger charge is -2.38. The van der Waals surface area contributed by atoms with Gasteiger partial charge in [-0.15, -0.1) is 0 Å². The largest absolute Gasteiger partial charge is 0.460 e. The molecule has 1 aromatic rings. The predicted octanol–water partition coefficient (Wildman–Crippen LogP) is 1.98. The van der Waals surface area contributed by atoms with Gasteiger partial charge >= 0.3 is 5.97 Å². The van der Waals surface area contributed by atoms with Gasteiger partial charge in [0.25, 0.3) is 0 Å². The Bertz CT molecular complexity index is 879. The molecular formula is C20H29FN4O4S. The smallest absolute Gasteiger partial charge is 0.313 e. The van der Waals surface area contributed by atoms with Crippen LogP contribution in [0.3, 0.4) is 0 Å². The van der Waals surface area contributed by atoms with Gasteiger partial charge in [0.1, 0.15) is 18.9 Å². The van der Waals surface area contributed by atoms with Crippen LogP contribution < -0.4 is 10.6 Å². The second kappa shape index (κ2) is 9.74. The van der Waals surface area contributed by atoms with E-state index < -0.39 is 21.8 Å². The second-order valence-corrected chi connectivity index (χ2v) is 10.0. The number of carbonyl (C=O) groups excluding carboxylic acids is 1. The summed E-state index contributed by atoms with van der Waals surface area (Å²) < 4.78 is 47.3. The zero-order chi connectivity index (χ0) is 21.7. The molecule has 10 heteroatoms. The Kier molecular flexibility index (Phi) is 7.30. The quantitative estimate of drug-likeness (QED) is 0.380. The summed E-state index contributed by atoms with van der Waals surface area (Å²) in [5, 5.41) is 6.80. The number of hydrogen-bond acceptors (Lipinski definition) is 6. The fourth-order valence-corrected chi connectivity index (χ4v) is 6.07. The third kappa shape index (κ3) is 5.28. The molecule has 0 spiro atoms. The van der Waals surface area contributed by atoms with Crippen molar-refractivity contribution in [1.29, 1.82) is 5.41 Å². The third-order valence-electron chi connectivity index (χ3n) is 5.69. The van der Waals surface area contributed by atoms with Crippen molar-refractivity contribution >= 4 is 27.5 Å². The van der Waals surface area contributed by atoms with Crippen molar-refractivity contribution in [2.24, 2.45) is 5.73 Å². The Morgan fingerprint density at radius 2 is 1.83 bits per heavy atom. The molecule has 3 N–H and O–H groups in total. The number of sulfonamides is 1. The number of esters is 1. The van der Waals surface area contributed by atoms with Gasteiger partial charge < -0.3 is 15.4 Å². The summed E-state index contributed by atoms with van der Waals surface area (Å²) in [5.41, 5.74) is 5.75. The molecule has 1 saturated heterocycles. The fraction of sp³-hybridized carbons (Fsp3) is 0.600. The molecule has 2 aliphatic rings. The van der Waals surface area contributed by atoms with Crippen LogP contribution in [0.5, 0.6) is 0 Å². The lowest BCUT2D eigenvalue weighted by atomic mass is 10.0. The monoisotopic (exact) mass is 440 g/mol. The average Bonchev–Trinajstić information content (AvgIpc) is 2.73. The molecule has 166 valence electrons. The van der Waals surface area contributed by atoms with E-state index in [2.05, 4.69) is 0 Å². The van der Waals surface area contributed by atoms with Gasteiger partial charge in [-0.05, 0) is 18.9 Å². The van der Waals surface area contributed by atoms with Crippen molar-refractivity contribution in [3.63, 3.8) is 0 Å². The Hall–Kier alpha value is -2.20. The molecule has 0 amide bonds. The highest BCUT2D eigenvalue weighted by molar-refractivity contribution is 7.89. The highest BCUT2D eigenvalue weighted by Crippen LogP contribution is 2.29. The number of carbonyl (C=O) groups is 1. The normalized spacial score (nSPS) is 18.9. The second-order valence-electron chi connectivity index (χ2n) is 7.80. The topological polar surface area (TPSA) is 117 Å². The van der Waals surface area contributed by atoms with Crippen molar-refractivity contribution < 1.29 is 22.3 Å². The summed E-state index contributed by atoms with van der Waals surface area (Å²) in [7, 11) is -3.31. The van der Waals surface area contributed by atoms with Crippen LogP contribution >= 0.6 is 0 Å². The number of nitrogens with one attached hydrogen (secondary N) is 1. The minimum atomic E-state index is -3.31. The highest BCUT2D eigenvalue weighted by atomic mass is 32.2. The first-order valence-electron chi connectivity index (χ1n) is 10.3. The maximum Gasteiger partial charge on any atom is 0.313 e. The molecule has 0 unspecified atom stereocenters. The van der Waals surface area contributed by atoms with Gasteiger partial charge in [-0.2, -0.15) is 4.31 Å². The van der Waals surface area contributed by atoms with Crippen molar-refractivity contribution in [3.05, 3.63) is 29.6 Å². The van der Waals surface area contributed by atoms with Crippen LogP contribution in [0.4, 0.5) is 10.1 Å². The summed E-state index contributed by atoms with van der Waals surface area (Å²) in [5.74, 6) is -1.49. The molecule has 0 atom stereocenters. The Balaban J connectivity index is 1.61. The summed E-state index contributed by atoms with van der Waals surface area (Å²) in [6.45, 7) is 1.21. The molecule has 0 aromatic heterocycles. The van der Waals surface area contributed by atoms with E-state index in [0.717, 1.165) is 32.1 Å². The predicted molar refractivity (Wildman–Crippen MR) is 112 cm³/mol. The number of nitrogens with zero attached hydrogens (tertiary/aromatic N) is 2. The van der Waals surface area contributed by atoms with E-state index in [1.807, 2.05) is 4.90 Å². The number of nitrogens with two attached hydrogens (primary N) is 1. The molecule has 1 aliphatic carbocycles. The summed E-state index contributed by atoms with van der Waals surface area (Å²) in [6, 6.07) is 4.85. The van der Waals surface area contributed by atoms with Gasteiger partial charge in [0.15, 0.2) is 5.82 Å². The number of piperazine rings is 1. The summed E-state index contributed by atoms with van der Waals surface area (Å²) in [4.78, 5) is 13.4. The zero-order valence-corrected chi connectivity index (χ0v) is 17.8. The van der Waals surface area contributed by atoms with Crippen LogP contribution in [-0.4, -0.2) is 56.0 Å². The molecule has 3 rings (SSSR count). The lowest BCUT2D eigenvalue weighted by Crippen LogP contribution is -2.51. The first-order chi connectivity index (χ1) is 14.3. The van der Waals surface area contributed by atoms with E-state index in [9.17, 15) is 17.6 Å². The zero-order valence-electron chi connectivity index (χ0n) is 17.0. The van der Waals surface area contributed by atoms with Gasteiger partial charge in [0.05, 0.1) is 10.9 Å². The molecule has 30 heavy (non-hydrogen) atoms. The molecule has 1 aromatic carbocycles. The Morgan fingerprint density at radius 3 is 2.47 bits per heavy atom. The molecule has 0 bridgehead atoms. The van der Waals surface area contributed by atoms with Crippen molar-refractivity contribution in [2.45, 2.75) is 50.4 Å². The van der Waals surface area contributed by atoms with E-state index in [0.29, 0.717) is 31.9 Å². The van der Waals surface area contributed by atoms with Crippen molar-refractivity contribution in [1.82, 2.24) is 4.31 Å². The summed E-state index contributed by atoms with van der Waals surface area (Å²) in [6.07, 6.45) is 4.12. The van der Waals surface area contributed by atoms with Crippen LogP contribution in [0, 0.1) is 11.2 Å². The van der Waals surface area contributed by atoms with Crippen molar-refractivity contribution in [2.75, 3.05) is 31.1 Å². The standard InChI is InChI=1S/C20H29FN4O4S/c21-20-15(14-29-19(26)13-18(22)23)5-4-8-17(20)24-9-11-25(12-10-24)30(27,28)16-6-2-1-3-7-16/h4-5,8,16H,1-3,6-7,9-14H2,(H3,22,23). The van der Waals surface area contributed by atoms with Gasteiger partial charge in [-0.25, -0.2) is 12.8 Å². The number of hydrogen-bond donors (Lipinski definition) is 2. The van der Waals surface area contributed by atoms with Crippen molar-refractivity contribution in [3.8, 4) is 0 Å². The molecule has 8 nitrogen and oxygen atoms in total. The maximum absolute atomic E-state index is 15.0. The first-order valence-corrected chi connectivity index (χ1v) is 11.8. The highest BCUT2D eigenvalue weighted by Gasteiger charge is 2.35. The van der Waals surface area contributed by atoms with Crippen LogP contribution in [-0.2, 0) is 26.2 Å². The molecule has 1 saturated carbocycles. The van der Waals surface area contributed by atoms with Crippen LogP contribution in [0.15, 0.2) is 18.2 Å². The number of benzene rings is 1. The molecular weight excluding hydrogens is 411 g/mol.